The van der Waals surface area contributed by atoms with Gasteiger partial charge in [-0.1, -0.05) is 0 Å². The summed E-state index contributed by atoms with van der Waals surface area (Å²) in [6.45, 7) is -1.06. The average Bonchev–Trinajstić information content (AvgIpc) is 2.26. The molecule has 0 radical (unpaired) electrons. The second-order valence-corrected chi connectivity index (χ2v) is 3.05. The number of hydrogen-bond donors (Lipinski definition) is 1. The van der Waals surface area contributed by atoms with E-state index in [0.717, 1.165) is 4.90 Å². The van der Waals surface area contributed by atoms with Crippen LogP contribution in [0.4, 0.5) is 24.7 Å². The summed E-state index contributed by atoms with van der Waals surface area (Å²) in [5.74, 6) is 0.143. The molecule has 1 rings (SSSR count). The third-order valence-electron chi connectivity index (χ3n) is 1.61. The van der Waals surface area contributed by atoms with Crippen LogP contribution in [0.5, 0.6) is 0 Å². The Morgan fingerprint density at radius 3 is 2.50 bits per heavy atom. The number of anilines is 2. The Kier molecular flexibility index (Phi) is 2.59. The molecule has 0 saturated carbocycles. The molecule has 1 aromatic rings. The molecule has 0 amide bonds. The van der Waals surface area contributed by atoms with Crippen molar-refractivity contribution < 1.29 is 13.2 Å². The number of nitrogens with zero attached hydrogens (tertiary/aromatic N) is 3. The standard InChI is InChI=1S/C7H11F3N4/c1-13(4-7(8,9)10)6-5(11)3-14(2)12-6/h3H,4,11H2,1-2H3. The number of rotatable bonds is 2. The molecule has 0 aliphatic rings. The summed E-state index contributed by atoms with van der Waals surface area (Å²) in [5, 5.41) is 3.81. The molecule has 0 bridgehead atoms. The van der Waals surface area contributed by atoms with Crippen LogP contribution < -0.4 is 10.6 Å². The Morgan fingerprint density at radius 2 is 2.14 bits per heavy atom. The van der Waals surface area contributed by atoms with Crippen LogP contribution in [-0.2, 0) is 7.05 Å². The van der Waals surface area contributed by atoms with Crippen LogP contribution in [0.3, 0.4) is 0 Å². The Bertz CT molecular complexity index is 317. The summed E-state index contributed by atoms with van der Waals surface area (Å²) in [5.41, 5.74) is 5.70. The number of aryl methyl sites for hydroxylation is 1. The predicted octanol–water partition coefficient (Wildman–Crippen LogP) is 1.00. The average molecular weight is 208 g/mol. The smallest absolute Gasteiger partial charge is 0.394 e. The molecule has 0 spiro atoms. The van der Waals surface area contributed by atoms with E-state index in [2.05, 4.69) is 5.10 Å². The van der Waals surface area contributed by atoms with E-state index in [1.165, 1.54) is 17.9 Å². The Morgan fingerprint density at radius 1 is 1.57 bits per heavy atom. The minimum atomic E-state index is -4.25. The Balaban J connectivity index is 2.79. The molecule has 0 atom stereocenters. The summed E-state index contributed by atoms with van der Waals surface area (Å²) in [6, 6.07) is 0. The van der Waals surface area contributed by atoms with Gasteiger partial charge in [0.15, 0.2) is 5.82 Å². The number of hydrogen-bond acceptors (Lipinski definition) is 3. The fourth-order valence-corrected chi connectivity index (χ4v) is 1.14. The van der Waals surface area contributed by atoms with Crippen molar-refractivity contribution in [1.82, 2.24) is 9.78 Å². The van der Waals surface area contributed by atoms with Crippen molar-refractivity contribution in [3.63, 3.8) is 0 Å². The van der Waals surface area contributed by atoms with Crippen LogP contribution in [0.2, 0.25) is 0 Å². The normalized spacial score (nSPS) is 11.8. The number of aromatic nitrogens is 2. The molecule has 14 heavy (non-hydrogen) atoms. The highest BCUT2D eigenvalue weighted by atomic mass is 19.4. The first kappa shape index (κ1) is 10.7. The zero-order chi connectivity index (χ0) is 10.9. The first-order valence-electron chi connectivity index (χ1n) is 3.86. The van der Waals surface area contributed by atoms with Gasteiger partial charge in [-0.15, -0.1) is 0 Å². The zero-order valence-corrected chi connectivity index (χ0v) is 7.84. The molecule has 1 heterocycles. The van der Waals surface area contributed by atoms with Gasteiger partial charge in [0, 0.05) is 20.3 Å². The van der Waals surface area contributed by atoms with Gasteiger partial charge in [-0.2, -0.15) is 18.3 Å². The molecular weight excluding hydrogens is 197 g/mol. The first-order chi connectivity index (χ1) is 6.29. The van der Waals surface area contributed by atoms with Gasteiger partial charge in [-0.25, -0.2) is 0 Å². The van der Waals surface area contributed by atoms with E-state index in [-0.39, 0.29) is 11.5 Å². The molecule has 2 N–H and O–H groups in total. The first-order valence-corrected chi connectivity index (χ1v) is 3.86. The van der Waals surface area contributed by atoms with Gasteiger partial charge in [-0.05, 0) is 0 Å². The molecular formula is C7H11F3N4. The predicted molar refractivity (Wildman–Crippen MR) is 46.9 cm³/mol. The van der Waals surface area contributed by atoms with Crippen LogP contribution in [0.15, 0.2) is 6.20 Å². The molecule has 4 nitrogen and oxygen atoms in total. The van der Waals surface area contributed by atoms with Gasteiger partial charge < -0.3 is 10.6 Å². The molecule has 0 saturated heterocycles. The van der Waals surface area contributed by atoms with Crippen molar-refractivity contribution in [2.24, 2.45) is 7.05 Å². The topological polar surface area (TPSA) is 47.1 Å². The minimum Gasteiger partial charge on any atom is -0.394 e. The second-order valence-electron chi connectivity index (χ2n) is 3.05. The van der Waals surface area contributed by atoms with E-state index in [4.69, 9.17) is 5.73 Å². The summed E-state index contributed by atoms with van der Waals surface area (Å²) < 4.78 is 37.4. The molecule has 0 aliphatic carbocycles. The third kappa shape index (κ3) is 2.54. The zero-order valence-electron chi connectivity index (χ0n) is 7.84. The Hall–Kier alpha value is -1.40. The quantitative estimate of drug-likeness (QED) is 0.788. The highest BCUT2D eigenvalue weighted by molar-refractivity contribution is 5.61. The molecule has 0 fully saturated rings. The van der Waals surface area contributed by atoms with Crippen LogP contribution in [0.1, 0.15) is 0 Å². The number of halogens is 3. The monoisotopic (exact) mass is 208 g/mol. The lowest BCUT2D eigenvalue weighted by atomic mass is 10.4. The second kappa shape index (κ2) is 3.39. The van der Waals surface area contributed by atoms with Gasteiger partial charge in [0.25, 0.3) is 0 Å². The van der Waals surface area contributed by atoms with E-state index in [1.807, 2.05) is 0 Å². The van der Waals surface area contributed by atoms with Crippen LogP contribution >= 0.6 is 0 Å². The fourth-order valence-electron chi connectivity index (χ4n) is 1.14. The van der Waals surface area contributed by atoms with Gasteiger partial charge in [0.1, 0.15) is 6.54 Å². The van der Waals surface area contributed by atoms with Crippen molar-refractivity contribution in [2.75, 3.05) is 24.2 Å². The van der Waals surface area contributed by atoms with Crippen LogP contribution in [0, 0.1) is 0 Å². The van der Waals surface area contributed by atoms with Crippen molar-refractivity contribution in [3.8, 4) is 0 Å². The number of alkyl halides is 3. The lowest BCUT2D eigenvalue weighted by Crippen LogP contribution is -2.31. The van der Waals surface area contributed by atoms with Gasteiger partial charge >= 0.3 is 6.18 Å². The highest BCUT2D eigenvalue weighted by Gasteiger charge is 2.30. The van der Waals surface area contributed by atoms with Crippen molar-refractivity contribution in [3.05, 3.63) is 6.20 Å². The third-order valence-corrected chi connectivity index (χ3v) is 1.61. The molecule has 1 aromatic heterocycles. The van der Waals surface area contributed by atoms with Gasteiger partial charge in [-0.3, -0.25) is 4.68 Å². The summed E-state index contributed by atoms with van der Waals surface area (Å²) in [6.07, 6.45) is -2.79. The summed E-state index contributed by atoms with van der Waals surface area (Å²) in [4.78, 5) is 0.968. The minimum absolute atomic E-state index is 0.143. The molecule has 7 heteroatoms. The van der Waals surface area contributed by atoms with Gasteiger partial charge in [0.05, 0.1) is 5.69 Å². The summed E-state index contributed by atoms with van der Waals surface area (Å²) >= 11 is 0. The van der Waals surface area contributed by atoms with E-state index in [9.17, 15) is 13.2 Å². The van der Waals surface area contributed by atoms with Crippen molar-refractivity contribution >= 4 is 11.5 Å². The maximum Gasteiger partial charge on any atom is 0.405 e. The SMILES string of the molecule is CN(CC(F)(F)F)c1nn(C)cc1N. The maximum atomic E-state index is 12.0. The van der Waals surface area contributed by atoms with Crippen LogP contribution in [0.25, 0.3) is 0 Å². The lowest BCUT2D eigenvalue weighted by Gasteiger charge is -2.18. The van der Waals surface area contributed by atoms with E-state index < -0.39 is 12.7 Å². The largest absolute Gasteiger partial charge is 0.405 e. The van der Waals surface area contributed by atoms with E-state index in [0.29, 0.717) is 0 Å². The molecule has 80 valence electrons. The number of nitrogens with two attached hydrogens (primary N) is 1. The van der Waals surface area contributed by atoms with Crippen LogP contribution in [-0.4, -0.2) is 29.5 Å². The highest BCUT2D eigenvalue weighted by Crippen LogP contribution is 2.23. The Labute approximate surface area is 79.1 Å². The lowest BCUT2D eigenvalue weighted by molar-refractivity contribution is -0.119. The van der Waals surface area contributed by atoms with Crippen molar-refractivity contribution in [2.45, 2.75) is 6.18 Å². The van der Waals surface area contributed by atoms with Gasteiger partial charge in [0.2, 0.25) is 0 Å². The number of nitrogen functional groups attached to an aromatic ring is 1. The summed E-state index contributed by atoms with van der Waals surface area (Å²) in [7, 11) is 2.90. The molecule has 0 unspecified atom stereocenters. The molecule has 0 aliphatic heterocycles. The van der Waals surface area contributed by atoms with Crippen molar-refractivity contribution in [1.29, 1.82) is 0 Å². The van der Waals surface area contributed by atoms with E-state index >= 15 is 0 Å². The van der Waals surface area contributed by atoms with E-state index in [1.54, 1.807) is 7.05 Å². The maximum absolute atomic E-state index is 12.0. The fraction of sp³-hybridized carbons (Fsp3) is 0.571. The molecule has 0 aromatic carbocycles.